The first kappa shape index (κ1) is 17.2. The summed E-state index contributed by atoms with van der Waals surface area (Å²) in [5.41, 5.74) is 2.08. The number of thiazole rings is 1. The van der Waals surface area contributed by atoms with Crippen LogP contribution in [0.25, 0.3) is 10.2 Å². The van der Waals surface area contributed by atoms with Gasteiger partial charge in [0.2, 0.25) is 5.91 Å². The van der Waals surface area contributed by atoms with Crippen LogP contribution in [0.15, 0.2) is 48.5 Å². The average molecular weight is 368 g/mol. The SMILES string of the molecule is O=C(CCc1ccc(F)cc1)N1CCC(c2nc3ccccc3s2)CC1. The highest BCUT2D eigenvalue weighted by Gasteiger charge is 2.25. The van der Waals surface area contributed by atoms with E-state index in [1.165, 1.54) is 21.8 Å². The first-order valence-corrected chi connectivity index (χ1v) is 9.88. The Kier molecular flexibility index (Phi) is 4.98. The van der Waals surface area contributed by atoms with Crippen LogP contribution >= 0.6 is 11.3 Å². The maximum absolute atomic E-state index is 12.9. The lowest BCUT2D eigenvalue weighted by molar-refractivity contribution is -0.132. The Morgan fingerprint density at radius 2 is 1.85 bits per heavy atom. The summed E-state index contributed by atoms with van der Waals surface area (Å²) in [4.78, 5) is 19.2. The fourth-order valence-electron chi connectivity index (χ4n) is 3.50. The van der Waals surface area contributed by atoms with Crippen LogP contribution in [-0.4, -0.2) is 28.9 Å². The topological polar surface area (TPSA) is 33.2 Å². The van der Waals surface area contributed by atoms with Crippen molar-refractivity contribution >= 4 is 27.5 Å². The molecule has 1 saturated heterocycles. The second-order valence-electron chi connectivity index (χ2n) is 6.80. The number of nitrogens with zero attached hydrogens (tertiary/aromatic N) is 2. The van der Waals surface area contributed by atoms with Gasteiger partial charge in [-0.1, -0.05) is 24.3 Å². The van der Waals surface area contributed by atoms with Crippen molar-refractivity contribution in [3.63, 3.8) is 0 Å². The number of benzene rings is 2. The predicted octanol–water partition coefficient (Wildman–Crippen LogP) is 4.77. The van der Waals surface area contributed by atoms with Crippen LogP contribution in [0.1, 0.15) is 35.8 Å². The van der Waals surface area contributed by atoms with Crippen LogP contribution < -0.4 is 0 Å². The number of aromatic nitrogens is 1. The first-order chi connectivity index (χ1) is 12.7. The number of fused-ring (bicyclic) bond motifs is 1. The maximum Gasteiger partial charge on any atom is 0.222 e. The molecule has 2 aromatic carbocycles. The van der Waals surface area contributed by atoms with Crippen molar-refractivity contribution in [2.45, 2.75) is 31.6 Å². The minimum absolute atomic E-state index is 0.192. The van der Waals surface area contributed by atoms with Crippen LogP contribution in [0, 0.1) is 5.82 Å². The third-order valence-corrected chi connectivity index (χ3v) is 6.25. The third-order valence-electron chi connectivity index (χ3n) is 5.05. The summed E-state index contributed by atoms with van der Waals surface area (Å²) in [6.07, 6.45) is 3.10. The first-order valence-electron chi connectivity index (χ1n) is 9.07. The van der Waals surface area contributed by atoms with Gasteiger partial charge >= 0.3 is 0 Å². The number of amides is 1. The highest BCUT2D eigenvalue weighted by molar-refractivity contribution is 7.18. The molecule has 0 aliphatic carbocycles. The molecule has 0 radical (unpaired) electrons. The lowest BCUT2D eigenvalue weighted by Crippen LogP contribution is -2.38. The molecule has 0 N–H and O–H groups in total. The molecule has 1 aromatic heterocycles. The van der Waals surface area contributed by atoms with Gasteiger partial charge in [0.15, 0.2) is 0 Å². The van der Waals surface area contributed by atoms with Gasteiger partial charge in [-0.15, -0.1) is 11.3 Å². The molecule has 5 heteroatoms. The molecule has 4 rings (SSSR count). The Labute approximate surface area is 156 Å². The second-order valence-corrected chi connectivity index (χ2v) is 7.86. The van der Waals surface area contributed by atoms with Gasteiger partial charge < -0.3 is 4.90 Å². The molecule has 3 aromatic rings. The number of rotatable bonds is 4. The van der Waals surface area contributed by atoms with E-state index in [2.05, 4.69) is 12.1 Å². The third kappa shape index (κ3) is 3.78. The molecular formula is C21H21FN2OS. The van der Waals surface area contributed by atoms with Gasteiger partial charge in [-0.25, -0.2) is 9.37 Å². The van der Waals surface area contributed by atoms with Gasteiger partial charge in [0.25, 0.3) is 0 Å². The minimum Gasteiger partial charge on any atom is -0.343 e. The Hall–Kier alpha value is -2.27. The average Bonchev–Trinajstić information content (AvgIpc) is 3.12. The van der Waals surface area contributed by atoms with Gasteiger partial charge in [0.05, 0.1) is 15.2 Å². The van der Waals surface area contributed by atoms with E-state index in [0.717, 1.165) is 37.0 Å². The van der Waals surface area contributed by atoms with Gasteiger partial charge in [0, 0.05) is 25.4 Å². The summed E-state index contributed by atoms with van der Waals surface area (Å²) in [5, 5.41) is 1.20. The highest BCUT2D eigenvalue weighted by atomic mass is 32.1. The molecule has 0 unspecified atom stereocenters. The van der Waals surface area contributed by atoms with Crippen molar-refractivity contribution in [2.75, 3.05) is 13.1 Å². The van der Waals surface area contributed by atoms with E-state index in [1.807, 2.05) is 17.0 Å². The molecule has 0 bridgehead atoms. The largest absolute Gasteiger partial charge is 0.343 e. The molecule has 0 spiro atoms. The number of hydrogen-bond donors (Lipinski definition) is 0. The van der Waals surface area contributed by atoms with E-state index < -0.39 is 0 Å². The van der Waals surface area contributed by atoms with Crippen LogP contribution in [0.3, 0.4) is 0 Å². The second kappa shape index (κ2) is 7.54. The molecule has 1 aliphatic heterocycles. The van der Waals surface area contributed by atoms with Crippen LogP contribution in [0.2, 0.25) is 0 Å². The quantitative estimate of drug-likeness (QED) is 0.664. The molecule has 1 amide bonds. The molecule has 3 nitrogen and oxygen atoms in total. The molecule has 1 fully saturated rings. The number of carbonyl (C=O) groups excluding carboxylic acids is 1. The molecule has 26 heavy (non-hydrogen) atoms. The van der Waals surface area contributed by atoms with Gasteiger partial charge in [-0.2, -0.15) is 0 Å². The lowest BCUT2D eigenvalue weighted by Gasteiger charge is -2.31. The number of halogens is 1. The summed E-state index contributed by atoms with van der Waals surface area (Å²) >= 11 is 1.78. The number of aryl methyl sites for hydroxylation is 1. The molecule has 134 valence electrons. The normalized spacial score (nSPS) is 15.5. The zero-order chi connectivity index (χ0) is 17.9. The Balaban J connectivity index is 1.31. The number of carbonyl (C=O) groups is 1. The smallest absolute Gasteiger partial charge is 0.222 e. The van der Waals surface area contributed by atoms with E-state index in [4.69, 9.17) is 4.98 Å². The fraction of sp³-hybridized carbons (Fsp3) is 0.333. The van der Waals surface area contributed by atoms with Crippen molar-refractivity contribution in [1.82, 2.24) is 9.88 Å². The zero-order valence-electron chi connectivity index (χ0n) is 14.5. The predicted molar refractivity (Wildman–Crippen MR) is 103 cm³/mol. The van der Waals surface area contributed by atoms with Gasteiger partial charge in [0.1, 0.15) is 5.82 Å². The summed E-state index contributed by atoms with van der Waals surface area (Å²) in [6.45, 7) is 1.59. The fourth-order valence-corrected chi connectivity index (χ4v) is 4.64. The van der Waals surface area contributed by atoms with E-state index in [9.17, 15) is 9.18 Å². The van der Waals surface area contributed by atoms with Crippen LogP contribution in [0.4, 0.5) is 4.39 Å². The minimum atomic E-state index is -0.239. The van der Waals surface area contributed by atoms with Crippen molar-refractivity contribution in [3.8, 4) is 0 Å². The van der Waals surface area contributed by atoms with Gasteiger partial charge in [-0.3, -0.25) is 4.79 Å². The number of para-hydroxylation sites is 1. The number of piperidine rings is 1. The van der Waals surface area contributed by atoms with E-state index in [1.54, 1.807) is 23.5 Å². The zero-order valence-corrected chi connectivity index (χ0v) is 15.3. The van der Waals surface area contributed by atoms with Crippen molar-refractivity contribution in [3.05, 3.63) is 64.9 Å². The van der Waals surface area contributed by atoms with Crippen LogP contribution in [0.5, 0.6) is 0 Å². The lowest BCUT2D eigenvalue weighted by atomic mass is 9.97. The van der Waals surface area contributed by atoms with Crippen LogP contribution in [-0.2, 0) is 11.2 Å². The number of likely N-dealkylation sites (tertiary alicyclic amines) is 1. The maximum atomic E-state index is 12.9. The van der Waals surface area contributed by atoms with E-state index in [0.29, 0.717) is 18.8 Å². The van der Waals surface area contributed by atoms with Crippen molar-refractivity contribution in [2.24, 2.45) is 0 Å². The van der Waals surface area contributed by atoms with E-state index >= 15 is 0 Å². The summed E-state index contributed by atoms with van der Waals surface area (Å²) in [5.74, 6) is 0.405. The monoisotopic (exact) mass is 368 g/mol. The Morgan fingerprint density at radius 3 is 2.58 bits per heavy atom. The standard InChI is InChI=1S/C21H21FN2OS/c22-17-8-5-15(6-9-17)7-10-20(25)24-13-11-16(12-14-24)21-23-18-3-1-2-4-19(18)26-21/h1-6,8-9,16H,7,10-14H2. The Bertz CT molecular complexity index is 865. The van der Waals surface area contributed by atoms with E-state index in [-0.39, 0.29) is 11.7 Å². The van der Waals surface area contributed by atoms with Gasteiger partial charge in [-0.05, 0) is 49.1 Å². The summed E-state index contributed by atoms with van der Waals surface area (Å²) in [6, 6.07) is 14.6. The van der Waals surface area contributed by atoms with Crippen molar-refractivity contribution < 1.29 is 9.18 Å². The highest BCUT2D eigenvalue weighted by Crippen LogP contribution is 2.33. The Morgan fingerprint density at radius 1 is 1.12 bits per heavy atom. The number of hydrogen-bond acceptors (Lipinski definition) is 3. The molecular weight excluding hydrogens is 347 g/mol. The molecule has 0 saturated carbocycles. The van der Waals surface area contributed by atoms with Crippen molar-refractivity contribution in [1.29, 1.82) is 0 Å². The molecule has 0 atom stereocenters. The summed E-state index contributed by atoms with van der Waals surface area (Å²) in [7, 11) is 0. The molecule has 2 heterocycles. The summed E-state index contributed by atoms with van der Waals surface area (Å²) < 4.78 is 14.2. The molecule has 1 aliphatic rings.